The third kappa shape index (κ3) is 24.3. The van der Waals surface area contributed by atoms with Gasteiger partial charge in [-0.3, -0.25) is 0 Å². The van der Waals surface area contributed by atoms with Gasteiger partial charge in [0.2, 0.25) is 0 Å². The van der Waals surface area contributed by atoms with Crippen LogP contribution < -0.4 is 0 Å². The number of unbranched alkanes of at least 4 members (excludes halogenated alkanes) is 14. The highest BCUT2D eigenvalue weighted by Gasteiger charge is 2.12. The number of ether oxygens (including phenoxy) is 1. The van der Waals surface area contributed by atoms with Crippen molar-refractivity contribution in [2.24, 2.45) is 17.8 Å². The molecule has 0 bridgehead atoms. The zero-order valence-electron chi connectivity index (χ0n) is 24.1. The minimum Gasteiger partial charge on any atom is -0.462 e. The fourth-order valence-electron chi connectivity index (χ4n) is 4.72. The van der Waals surface area contributed by atoms with E-state index in [-0.39, 0.29) is 5.97 Å². The maximum atomic E-state index is 11.8. The van der Waals surface area contributed by atoms with E-state index in [0.29, 0.717) is 18.1 Å². The van der Waals surface area contributed by atoms with Gasteiger partial charge in [0.25, 0.3) is 0 Å². The Kier molecular flexibility index (Phi) is 23.4. The van der Waals surface area contributed by atoms with Crippen LogP contribution in [0.15, 0.2) is 12.2 Å². The zero-order valence-corrected chi connectivity index (χ0v) is 24.1. The highest BCUT2D eigenvalue weighted by Crippen LogP contribution is 2.21. The van der Waals surface area contributed by atoms with Gasteiger partial charge in [-0.2, -0.15) is 0 Å². The predicted octanol–water partition coefficient (Wildman–Crippen LogP) is 10.8. The minimum atomic E-state index is -0.222. The molecular formula is C32H62O2. The third-order valence-electron chi connectivity index (χ3n) is 7.09. The van der Waals surface area contributed by atoms with Crippen LogP contribution in [-0.2, 0) is 9.53 Å². The molecule has 202 valence electrons. The van der Waals surface area contributed by atoms with E-state index in [1.54, 1.807) is 6.92 Å². The van der Waals surface area contributed by atoms with E-state index in [9.17, 15) is 4.79 Å². The topological polar surface area (TPSA) is 26.3 Å². The zero-order chi connectivity index (χ0) is 25.4. The summed E-state index contributed by atoms with van der Waals surface area (Å²) in [4.78, 5) is 11.8. The Labute approximate surface area is 215 Å². The van der Waals surface area contributed by atoms with Crippen LogP contribution in [0.4, 0.5) is 0 Å². The Bertz CT molecular complexity index is 466. The molecule has 0 heterocycles. The van der Waals surface area contributed by atoms with Crippen LogP contribution in [0.25, 0.3) is 0 Å². The lowest BCUT2D eigenvalue weighted by atomic mass is 9.94. The molecule has 0 aromatic rings. The number of carbonyl (C=O) groups excluding carboxylic acids is 1. The number of hydrogen-bond donors (Lipinski definition) is 0. The molecule has 1 unspecified atom stereocenters. The first-order chi connectivity index (χ1) is 16.3. The van der Waals surface area contributed by atoms with Crippen LogP contribution in [0.5, 0.6) is 0 Å². The summed E-state index contributed by atoms with van der Waals surface area (Å²) in [6.07, 6.45) is 27.1. The Morgan fingerprint density at radius 2 is 0.853 bits per heavy atom. The molecule has 1 atom stereocenters. The first kappa shape index (κ1) is 33.2. The standard InChI is InChI=1S/C32H62O2/c1-28(2)23-19-15-11-8-7-9-13-17-21-25-31(27-34-32(33)30(5)6)26-22-18-14-10-12-16-20-24-29(3)4/h28-29,31H,5,7-27H2,1-4,6H3. The summed E-state index contributed by atoms with van der Waals surface area (Å²) in [7, 11) is 0. The van der Waals surface area contributed by atoms with Crippen LogP contribution >= 0.6 is 0 Å². The van der Waals surface area contributed by atoms with E-state index >= 15 is 0 Å². The molecule has 2 nitrogen and oxygen atoms in total. The van der Waals surface area contributed by atoms with Gasteiger partial charge in [-0.1, -0.05) is 150 Å². The second-order valence-electron chi connectivity index (χ2n) is 11.8. The van der Waals surface area contributed by atoms with Crippen LogP contribution in [0, 0.1) is 17.8 Å². The number of hydrogen-bond acceptors (Lipinski definition) is 2. The smallest absolute Gasteiger partial charge is 0.333 e. The second kappa shape index (κ2) is 23.9. The largest absolute Gasteiger partial charge is 0.462 e. The summed E-state index contributed by atoms with van der Waals surface area (Å²) < 4.78 is 5.53. The maximum absolute atomic E-state index is 11.8. The second-order valence-corrected chi connectivity index (χ2v) is 11.8. The highest BCUT2D eigenvalue weighted by molar-refractivity contribution is 5.86. The molecule has 0 saturated heterocycles. The van der Waals surface area contributed by atoms with Gasteiger partial charge in [-0.25, -0.2) is 4.79 Å². The molecule has 0 aliphatic rings. The normalized spacial score (nSPS) is 12.4. The molecule has 0 aromatic carbocycles. The number of carbonyl (C=O) groups is 1. The van der Waals surface area contributed by atoms with Crippen molar-refractivity contribution in [3.63, 3.8) is 0 Å². The predicted molar refractivity (Wildman–Crippen MR) is 151 cm³/mol. The van der Waals surface area contributed by atoms with Crippen molar-refractivity contribution < 1.29 is 9.53 Å². The van der Waals surface area contributed by atoms with Crippen molar-refractivity contribution in [1.82, 2.24) is 0 Å². The Morgan fingerprint density at radius 1 is 0.559 bits per heavy atom. The van der Waals surface area contributed by atoms with E-state index < -0.39 is 0 Å². The molecule has 2 heteroatoms. The van der Waals surface area contributed by atoms with Crippen molar-refractivity contribution in [2.45, 2.75) is 163 Å². The Morgan fingerprint density at radius 3 is 1.15 bits per heavy atom. The fourth-order valence-corrected chi connectivity index (χ4v) is 4.72. The van der Waals surface area contributed by atoms with Crippen LogP contribution in [0.1, 0.15) is 163 Å². The fraction of sp³-hybridized carbons (Fsp3) is 0.906. The summed E-state index contributed by atoms with van der Waals surface area (Å²) in [5.74, 6) is 2.01. The molecule has 0 spiro atoms. The molecule has 0 saturated carbocycles. The van der Waals surface area contributed by atoms with E-state index in [2.05, 4.69) is 34.3 Å². The van der Waals surface area contributed by atoms with Gasteiger partial charge in [-0.15, -0.1) is 0 Å². The maximum Gasteiger partial charge on any atom is 0.333 e. The summed E-state index contributed by atoms with van der Waals surface area (Å²) in [5.41, 5.74) is 0.514. The van der Waals surface area contributed by atoms with Gasteiger partial charge in [0.05, 0.1) is 6.61 Å². The van der Waals surface area contributed by atoms with Crippen molar-refractivity contribution in [2.75, 3.05) is 6.61 Å². The quantitative estimate of drug-likeness (QED) is 0.0740. The monoisotopic (exact) mass is 478 g/mol. The summed E-state index contributed by atoms with van der Waals surface area (Å²) in [5, 5.41) is 0. The van der Waals surface area contributed by atoms with E-state index in [0.717, 1.165) is 11.8 Å². The first-order valence-electron chi connectivity index (χ1n) is 15.2. The molecule has 0 radical (unpaired) electrons. The van der Waals surface area contributed by atoms with Crippen molar-refractivity contribution in [3.05, 3.63) is 12.2 Å². The molecule has 0 aromatic heterocycles. The van der Waals surface area contributed by atoms with Crippen molar-refractivity contribution in [1.29, 1.82) is 0 Å². The molecule has 0 N–H and O–H groups in total. The van der Waals surface area contributed by atoms with Gasteiger partial charge < -0.3 is 4.74 Å². The van der Waals surface area contributed by atoms with Crippen molar-refractivity contribution in [3.8, 4) is 0 Å². The average Bonchev–Trinajstić information content (AvgIpc) is 2.78. The molecule has 0 aliphatic carbocycles. The van der Waals surface area contributed by atoms with Gasteiger partial charge in [0, 0.05) is 5.57 Å². The van der Waals surface area contributed by atoms with Crippen LogP contribution in [0.2, 0.25) is 0 Å². The van der Waals surface area contributed by atoms with E-state index in [4.69, 9.17) is 4.74 Å². The summed E-state index contributed by atoms with van der Waals surface area (Å²) >= 11 is 0. The minimum absolute atomic E-state index is 0.222. The summed E-state index contributed by atoms with van der Waals surface area (Å²) in [6, 6.07) is 0. The summed E-state index contributed by atoms with van der Waals surface area (Å²) in [6.45, 7) is 15.3. The lowest BCUT2D eigenvalue weighted by Crippen LogP contribution is -2.15. The third-order valence-corrected chi connectivity index (χ3v) is 7.09. The molecule has 0 rings (SSSR count). The molecular weight excluding hydrogens is 416 g/mol. The van der Waals surface area contributed by atoms with E-state index in [1.807, 2.05) is 0 Å². The van der Waals surface area contributed by atoms with E-state index in [1.165, 1.54) is 128 Å². The average molecular weight is 479 g/mol. The number of esters is 1. The Balaban J connectivity index is 3.87. The molecule has 0 aliphatic heterocycles. The van der Waals surface area contributed by atoms with Crippen LogP contribution in [0.3, 0.4) is 0 Å². The molecule has 0 fully saturated rings. The molecule has 0 amide bonds. The highest BCUT2D eigenvalue weighted by atomic mass is 16.5. The van der Waals surface area contributed by atoms with Gasteiger partial charge >= 0.3 is 5.97 Å². The van der Waals surface area contributed by atoms with Gasteiger partial charge in [0.15, 0.2) is 0 Å². The lowest BCUT2D eigenvalue weighted by Gasteiger charge is -2.17. The Hall–Kier alpha value is -0.790. The first-order valence-corrected chi connectivity index (χ1v) is 15.2. The van der Waals surface area contributed by atoms with Gasteiger partial charge in [-0.05, 0) is 37.5 Å². The van der Waals surface area contributed by atoms with Gasteiger partial charge in [0.1, 0.15) is 0 Å². The number of rotatable bonds is 25. The molecule has 34 heavy (non-hydrogen) atoms. The SMILES string of the molecule is C=C(C)C(=O)OCC(CCCCCCCCCCCC(C)C)CCCCCCCCCC(C)C. The lowest BCUT2D eigenvalue weighted by molar-refractivity contribution is -0.140. The van der Waals surface area contributed by atoms with Crippen molar-refractivity contribution >= 4 is 5.97 Å². The van der Waals surface area contributed by atoms with Crippen LogP contribution in [-0.4, -0.2) is 12.6 Å².